The van der Waals surface area contributed by atoms with Gasteiger partial charge >= 0.3 is 0 Å². The summed E-state index contributed by atoms with van der Waals surface area (Å²) in [6.45, 7) is 13.1. The largest absolute Gasteiger partial charge is 0.429 e. The molecule has 3 nitrogen and oxygen atoms in total. The Labute approximate surface area is 157 Å². The lowest BCUT2D eigenvalue weighted by atomic mass is 9.92. The monoisotopic (exact) mass is 349 g/mol. The van der Waals surface area contributed by atoms with Crippen molar-refractivity contribution in [2.75, 3.05) is 7.05 Å². The summed E-state index contributed by atoms with van der Waals surface area (Å²) in [5.41, 5.74) is 9.92. The van der Waals surface area contributed by atoms with E-state index in [1.807, 2.05) is 18.1 Å². The minimum atomic E-state index is 0.0271. The van der Waals surface area contributed by atoms with Gasteiger partial charge in [-0.3, -0.25) is 0 Å². The Bertz CT molecular complexity index is 848. The minimum absolute atomic E-state index is 0.0271. The van der Waals surface area contributed by atoms with Crippen molar-refractivity contribution < 1.29 is 5.01 Å². The highest BCUT2D eigenvalue weighted by Crippen LogP contribution is 2.31. The van der Waals surface area contributed by atoms with E-state index in [0.717, 1.165) is 17.9 Å². The van der Waals surface area contributed by atoms with Crippen molar-refractivity contribution >= 4 is 22.5 Å². The van der Waals surface area contributed by atoms with Crippen LogP contribution in [-0.2, 0) is 6.42 Å². The van der Waals surface area contributed by atoms with E-state index in [4.69, 9.17) is 5.53 Å². The van der Waals surface area contributed by atoms with Gasteiger partial charge < -0.3 is 15.6 Å². The average Bonchev–Trinajstić information content (AvgIpc) is 3.03. The molecule has 0 saturated carbocycles. The molecule has 0 aliphatic carbocycles. The third-order valence-corrected chi connectivity index (χ3v) is 5.50. The number of aryl methyl sites for hydroxylation is 1. The number of rotatable bonds is 6. The number of fused-ring (bicyclic) bond motifs is 1. The summed E-state index contributed by atoms with van der Waals surface area (Å²) in [6.07, 6.45) is 7.46. The van der Waals surface area contributed by atoms with Crippen LogP contribution in [0.5, 0.6) is 0 Å². The van der Waals surface area contributed by atoms with Crippen LogP contribution in [0.4, 0.5) is 0 Å². The van der Waals surface area contributed by atoms with Crippen LogP contribution in [0.2, 0.25) is 0 Å². The lowest BCUT2D eigenvalue weighted by Crippen LogP contribution is -3.12. The van der Waals surface area contributed by atoms with E-state index in [0.29, 0.717) is 0 Å². The summed E-state index contributed by atoms with van der Waals surface area (Å²) in [5, 5.41) is 5.68. The van der Waals surface area contributed by atoms with Crippen molar-refractivity contribution in [3.63, 3.8) is 0 Å². The fourth-order valence-electron chi connectivity index (χ4n) is 3.65. The normalized spacial score (nSPS) is 17.7. The van der Waals surface area contributed by atoms with Crippen LogP contribution < -0.4 is 5.01 Å². The topological polar surface area (TPSA) is 21.8 Å². The zero-order chi connectivity index (χ0) is 18.9. The second-order valence-corrected chi connectivity index (χ2v) is 7.84. The first-order valence-electron chi connectivity index (χ1n) is 9.63. The maximum atomic E-state index is 4.84. The molecule has 0 bridgehead atoms. The second kappa shape index (κ2) is 7.26. The third-order valence-electron chi connectivity index (χ3n) is 5.50. The molecule has 0 spiro atoms. The van der Waals surface area contributed by atoms with Gasteiger partial charge in [-0.1, -0.05) is 63.3 Å². The van der Waals surface area contributed by atoms with Gasteiger partial charge in [-0.2, -0.15) is 0 Å². The van der Waals surface area contributed by atoms with E-state index in [2.05, 4.69) is 70.8 Å². The van der Waals surface area contributed by atoms with Crippen molar-refractivity contribution in [3.05, 3.63) is 65.3 Å². The van der Waals surface area contributed by atoms with Gasteiger partial charge in [0, 0.05) is 6.20 Å². The minimum Gasteiger partial charge on any atom is -0.429 e. The number of benzene rings is 2. The van der Waals surface area contributed by atoms with Crippen LogP contribution in [0.1, 0.15) is 57.2 Å². The molecule has 1 heterocycles. The van der Waals surface area contributed by atoms with E-state index in [9.17, 15) is 0 Å². The SMILES string of the molecule is C=Cc1ccc2cc(CCC)ccc2c1C1=CN(C)[N-][NH+]1C(C)(C)CC. The maximum absolute atomic E-state index is 4.84. The molecule has 0 aromatic heterocycles. The van der Waals surface area contributed by atoms with Gasteiger partial charge in [0.05, 0.1) is 11.1 Å². The molecule has 2 aromatic carbocycles. The summed E-state index contributed by atoms with van der Waals surface area (Å²) in [5.74, 6) is 0. The summed E-state index contributed by atoms with van der Waals surface area (Å²) < 4.78 is 0. The van der Waals surface area contributed by atoms with E-state index in [1.54, 1.807) is 0 Å². The second-order valence-electron chi connectivity index (χ2n) is 7.84. The van der Waals surface area contributed by atoms with Crippen LogP contribution in [0, 0.1) is 0 Å². The van der Waals surface area contributed by atoms with Gasteiger partial charge in [0.25, 0.3) is 0 Å². The Balaban J connectivity index is 2.21. The zero-order valence-electron chi connectivity index (χ0n) is 16.8. The Kier molecular flexibility index (Phi) is 5.22. The van der Waals surface area contributed by atoms with Gasteiger partial charge in [0.2, 0.25) is 0 Å². The van der Waals surface area contributed by atoms with Crippen LogP contribution in [0.15, 0.2) is 43.1 Å². The third kappa shape index (κ3) is 3.29. The predicted octanol–water partition coefficient (Wildman–Crippen LogP) is 4.96. The van der Waals surface area contributed by atoms with E-state index in [1.165, 1.54) is 39.6 Å². The predicted molar refractivity (Wildman–Crippen MR) is 112 cm³/mol. The van der Waals surface area contributed by atoms with Crippen LogP contribution >= 0.6 is 0 Å². The molecule has 1 N–H and O–H groups in total. The van der Waals surface area contributed by atoms with Crippen molar-refractivity contribution in [2.45, 2.75) is 52.5 Å². The molecule has 1 unspecified atom stereocenters. The first-order valence-corrected chi connectivity index (χ1v) is 9.63. The smallest absolute Gasteiger partial charge is 0.146 e. The number of hydrogen-bond donors (Lipinski definition) is 1. The molecular weight excluding hydrogens is 318 g/mol. The molecule has 138 valence electrons. The van der Waals surface area contributed by atoms with Crippen LogP contribution in [0.3, 0.4) is 0 Å². The number of nitrogens with one attached hydrogen (secondary N) is 1. The quantitative estimate of drug-likeness (QED) is 0.782. The summed E-state index contributed by atoms with van der Waals surface area (Å²) >= 11 is 0. The molecule has 3 heteroatoms. The molecule has 0 saturated heterocycles. The Morgan fingerprint density at radius 2 is 1.96 bits per heavy atom. The summed E-state index contributed by atoms with van der Waals surface area (Å²) in [7, 11) is 2.01. The lowest BCUT2D eigenvalue weighted by molar-refractivity contribution is -0.845. The van der Waals surface area contributed by atoms with E-state index < -0.39 is 0 Å². The highest BCUT2D eigenvalue weighted by atomic mass is 15.8. The number of quaternary nitrogens is 1. The zero-order valence-corrected chi connectivity index (χ0v) is 16.8. The number of nitrogens with zero attached hydrogens (tertiary/aromatic N) is 2. The molecule has 0 fully saturated rings. The number of hydrogen-bond acceptors (Lipinski definition) is 1. The molecule has 2 aromatic rings. The standard InChI is InChI=1S/C23H31N3/c1-7-10-17-11-14-20-19(15-17)13-12-18(8-2)22(20)21-16-25(6)24-26(21)23(4,5)9-3/h8,11-16,26H,2,7,9-10H2,1,3-6H3. The van der Waals surface area contributed by atoms with Gasteiger partial charge in [0.15, 0.2) is 0 Å². The van der Waals surface area contributed by atoms with Crippen molar-refractivity contribution in [3.8, 4) is 0 Å². The summed E-state index contributed by atoms with van der Waals surface area (Å²) in [4.78, 5) is 0. The van der Waals surface area contributed by atoms with Gasteiger partial charge in [-0.25, -0.2) is 0 Å². The van der Waals surface area contributed by atoms with Gasteiger partial charge in [-0.05, 0) is 55.6 Å². The lowest BCUT2D eigenvalue weighted by Gasteiger charge is -2.42. The molecule has 0 radical (unpaired) electrons. The molecule has 1 aliphatic heterocycles. The fourth-order valence-corrected chi connectivity index (χ4v) is 3.65. The molecule has 1 aliphatic rings. The van der Waals surface area contributed by atoms with Crippen molar-refractivity contribution in [1.82, 2.24) is 5.01 Å². The van der Waals surface area contributed by atoms with Gasteiger partial charge in [0.1, 0.15) is 5.70 Å². The van der Waals surface area contributed by atoms with Crippen molar-refractivity contribution in [2.24, 2.45) is 0 Å². The molecule has 1 atom stereocenters. The Hall–Kier alpha value is -2.10. The van der Waals surface area contributed by atoms with Crippen LogP contribution in [-0.4, -0.2) is 17.6 Å². The van der Waals surface area contributed by atoms with Crippen LogP contribution in [0.25, 0.3) is 28.1 Å². The molecule has 3 rings (SSSR count). The average molecular weight is 350 g/mol. The van der Waals surface area contributed by atoms with E-state index >= 15 is 0 Å². The summed E-state index contributed by atoms with van der Waals surface area (Å²) in [6, 6.07) is 11.3. The first kappa shape index (κ1) is 18.7. The Morgan fingerprint density at radius 1 is 1.19 bits per heavy atom. The molecule has 0 amide bonds. The van der Waals surface area contributed by atoms with Crippen molar-refractivity contribution in [1.29, 1.82) is 0 Å². The Morgan fingerprint density at radius 3 is 2.62 bits per heavy atom. The molecule has 26 heavy (non-hydrogen) atoms. The maximum Gasteiger partial charge on any atom is 0.146 e. The fraction of sp³-hybridized carbons (Fsp3) is 0.391. The van der Waals surface area contributed by atoms with E-state index in [-0.39, 0.29) is 5.54 Å². The highest BCUT2D eigenvalue weighted by Gasteiger charge is 2.33. The van der Waals surface area contributed by atoms with Gasteiger partial charge in [-0.15, -0.1) is 0 Å². The molecular formula is C23H31N3. The first-order chi connectivity index (χ1) is 12.4. The highest BCUT2D eigenvalue weighted by molar-refractivity contribution is 5.96.